The van der Waals surface area contributed by atoms with Crippen molar-refractivity contribution in [2.45, 2.75) is 44.9 Å². The monoisotopic (exact) mass is 406 g/mol. The second kappa shape index (κ2) is 7.20. The number of halogens is 3. The molecule has 0 aliphatic carbocycles. The van der Waals surface area contributed by atoms with Crippen molar-refractivity contribution in [3.8, 4) is 11.3 Å². The summed E-state index contributed by atoms with van der Waals surface area (Å²) in [5, 5.41) is 7.24. The molecule has 2 aliphatic heterocycles. The van der Waals surface area contributed by atoms with Crippen LogP contribution in [-0.2, 0) is 28.7 Å². The number of aromatic nitrogens is 2. The highest BCUT2D eigenvalue weighted by molar-refractivity contribution is 5.87. The number of amides is 2. The van der Waals surface area contributed by atoms with Gasteiger partial charge in [-0.05, 0) is 25.0 Å². The molecule has 0 saturated carbocycles. The number of carbonyl (C=O) groups excluding carboxylic acids is 2. The van der Waals surface area contributed by atoms with E-state index in [2.05, 4.69) is 10.2 Å². The molecule has 2 amide bonds. The third-order valence-electron chi connectivity index (χ3n) is 5.67. The molecule has 9 heteroatoms. The maximum atomic E-state index is 13.0. The lowest BCUT2D eigenvalue weighted by atomic mass is 9.99. The number of rotatable bonds is 2. The van der Waals surface area contributed by atoms with E-state index in [1.54, 1.807) is 9.80 Å². The number of aromatic amines is 1. The van der Waals surface area contributed by atoms with E-state index in [0.29, 0.717) is 43.7 Å². The SMILES string of the molecule is CC(=O)N1CCC[C@H]1C(=O)N1CCc2[nH]nc(-c3ccc(C(F)(F)F)cc3)c2C1. The van der Waals surface area contributed by atoms with Crippen LogP contribution in [0.1, 0.15) is 36.6 Å². The van der Waals surface area contributed by atoms with E-state index in [0.717, 1.165) is 29.8 Å². The van der Waals surface area contributed by atoms with Crippen LogP contribution in [0, 0.1) is 0 Å². The maximum absolute atomic E-state index is 13.0. The van der Waals surface area contributed by atoms with Gasteiger partial charge in [0, 0.05) is 49.8 Å². The Bertz CT molecular complexity index is 936. The highest BCUT2D eigenvalue weighted by atomic mass is 19.4. The highest BCUT2D eigenvalue weighted by Gasteiger charge is 2.37. The summed E-state index contributed by atoms with van der Waals surface area (Å²) in [5.41, 5.74) is 2.11. The van der Waals surface area contributed by atoms with Gasteiger partial charge < -0.3 is 9.80 Å². The number of likely N-dealkylation sites (tertiary alicyclic amines) is 1. The molecule has 3 heterocycles. The van der Waals surface area contributed by atoms with Crippen LogP contribution < -0.4 is 0 Å². The van der Waals surface area contributed by atoms with Crippen molar-refractivity contribution in [2.24, 2.45) is 0 Å². The Labute approximate surface area is 165 Å². The summed E-state index contributed by atoms with van der Waals surface area (Å²) in [7, 11) is 0. The number of hydrogen-bond acceptors (Lipinski definition) is 3. The van der Waals surface area contributed by atoms with Gasteiger partial charge in [0.25, 0.3) is 0 Å². The normalized spacial score (nSPS) is 19.4. The molecule has 154 valence electrons. The molecule has 2 aliphatic rings. The molecule has 1 N–H and O–H groups in total. The van der Waals surface area contributed by atoms with E-state index in [1.165, 1.54) is 19.1 Å². The van der Waals surface area contributed by atoms with E-state index >= 15 is 0 Å². The van der Waals surface area contributed by atoms with Crippen LogP contribution in [0.25, 0.3) is 11.3 Å². The lowest BCUT2D eigenvalue weighted by Gasteiger charge is -2.32. The number of benzene rings is 1. The minimum atomic E-state index is -4.39. The molecule has 1 aromatic carbocycles. The second-order valence-electron chi connectivity index (χ2n) is 7.48. The molecule has 1 saturated heterocycles. The third-order valence-corrected chi connectivity index (χ3v) is 5.67. The minimum absolute atomic E-state index is 0.0806. The summed E-state index contributed by atoms with van der Waals surface area (Å²) in [6.07, 6.45) is -2.35. The Morgan fingerprint density at radius 2 is 1.90 bits per heavy atom. The van der Waals surface area contributed by atoms with E-state index in [9.17, 15) is 22.8 Å². The first-order valence-corrected chi connectivity index (χ1v) is 9.55. The van der Waals surface area contributed by atoms with Gasteiger partial charge in [0.2, 0.25) is 11.8 Å². The fourth-order valence-corrected chi connectivity index (χ4v) is 4.15. The largest absolute Gasteiger partial charge is 0.416 e. The molecule has 4 rings (SSSR count). The topological polar surface area (TPSA) is 69.3 Å². The molecule has 0 bridgehead atoms. The molecule has 1 fully saturated rings. The number of fused-ring (bicyclic) bond motifs is 1. The summed E-state index contributed by atoms with van der Waals surface area (Å²) < 4.78 is 38.5. The first-order chi connectivity index (χ1) is 13.8. The number of alkyl halides is 3. The lowest BCUT2D eigenvalue weighted by Crippen LogP contribution is -2.48. The summed E-state index contributed by atoms with van der Waals surface area (Å²) in [5.74, 6) is -0.185. The Kier molecular flexibility index (Phi) is 4.84. The minimum Gasteiger partial charge on any atom is -0.336 e. The van der Waals surface area contributed by atoms with E-state index in [-0.39, 0.29) is 11.8 Å². The Balaban J connectivity index is 1.56. The van der Waals surface area contributed by atoms with Crippen LogP contribution in [0.5, 0.6) is 0 Å². The van der Waals surface area contributed by atoms with Crippen molar-refractivity contribution in [3.05, 3.63) is 41.1 Å². The molecule has 1 aromatic heterocycles. The summed E-state index contributed by atoms with van der Waals surface area (Å²) in [6, 6.07) is 4.43. The summed E-state index contributed by atoms with van der Waals surface area (Å²) in [4.78, 5) is 28.2. The molecule has 1 atom stereocenters. The van der Waals surface area contributed by atoms with E-state index < -0.39 is 17.8 Å². The summed E-state index contributed by atoms with van der Waals surface area (Å²) >= 11 is 0. The van der Waals surface area contributed by atoms with Crippen LogP contribution in [0.4, 0.5) is 13.2 Å². The second-order valence-corrected chi connectivity index (χ2v) is 7.48. The molecule has 0 unspecified atom stereocenters. The smallest absolute Gasteiger partial charge is 0.336 e. The van der Waals surface area contributed by atoms with Crippen LogP contribution >= 0.6 is 0 Å². The van der Waals surface area contributed by atoms with Gasteiger partial charge in [0.1, 0.15) is 6.04 Å². The van der Waals surface area contributed by atoms with Gasteiger partial charge in [-0.3, -0.25) is 14.7 Å². The molecule has 6 nitrogen and oxygen atoms in total. The summed E-state index contributed by atoms with van der Waals surface area (Å²) in [6.45, 7) is 2.90. The average Bonchev–Trinajstić information content (AvgIpc) is 3.33. The molecular formula is C20H21F3N4O2. The first-order valence-electron chi connectivity index (χ1n) is 9.55. The number of nitrogens with one attached hydrogen (secondary N) is 1. The van der Waals surface area contributed by atoms with Gasteiger partial charge in [0.15, 0.2) is 0 Å². The van der Waals surface area contributed by atoms with E-state index in [4.69, 9.17) is 0 Å². The van der Waals surface area contributed by atoms with Gasteiger partial charge in [-0.25, -0.2) is 0 Å². The number of nitrogens with zero attached hydrogens (tertiary/aromatic N) is 3. The van der Waals surface area contributed by atoms with Gasteiger partial charge in [-0.15, -0.1) is 0 Å². The van der Waals surface area contributed by atoms with Crippen molar-refractivity contribution >= 4 is 11.8 Å². The van der Waals surface area contributed by atoms with Gasteiger partial charge in [-0.1, -0.05) is 12.1 Å². The standard InChI is InChI=1S/C20H21F3N4O2/c1-12(28)27-9-2-3-17(27)19(29)26-10-8-16-15(11-26)18(25-24-16)13-4-6-14(7-5-13)20(21,22)23/h4-7,17H,2-3,8-11H2,1H3,(H,24,25)/t17-/m0/s1. The zero-order valence-electron chi connectivity index (χ0n) is 15.9. The van der Waals surface area contributed by atoms with Crippen molar-refractivity contribution in [3.63, 3.8) is 0 Å². The third kappa shape index (κ3) is 3.61. The number of hydrogen-bond donors (Lipinski definition) is 1. The highest BCUT2D eigenvalue weighted by Crippen LogP contribution is 2.33. The Hall–Kier alpha value is -2.84. The van der Waals surface area contributed by atoms with E-state index in [1.807, 2.05) is 0 Å². The molecule has 0 radical (unpaired) electrons. The lowest BCUT2D eigenvalue weighted by molar-refractivity contribution is -0.143. The molecule has 29 heavy (non-hydrogen) atoms. The zero-order valence-corrected chi connectivity index (χ0v) is 15.9. The van der Waals surface area contributed by atoms with Crippen molar-refractivity contribution in [1.82, 2.24) is 20.0 Å². The van der Waals surface area contributed by atoms with Crippen LogP contribution in [-0.4, -0.2) is 50.9 Å². The average molecular weight is 406 g/mol. The predicted octanol–water partition coefficient (Wildman–Crippen LogP) is 2.99. The number of carbonyl (C=O) groups is 2. The zero-order chi connectivity index (χ0) is 20.8. The Morgan fingerprint density at radius 3 is 2.55 bits per heavy atom. The van der Waals surface area contributed by atoms with Crippen LogP contribution in [0.2, 0.25) is 0 Å². The molecule has 2 aromatic rings. The van der Waals surface area contributed by atoms with Gasteiger partial charge in [0.05, 0.1) is 11.3 Å². The van der Waals surface area contributed by atoms with Gasteiger partial charge in [-0.2, -0.15) is 18.3 Å². The molecule has 0 spiro atoms. The van der Waals surface area contributed by atoms with Crippen molar-refractivity contribution in [1.29, 1.82) is 0 Å². The van der Waals surface area contributed by atoms with Crippen LogP contribution in [0.15, 0.2) is 24.3 Å². The first kappa shape index (κ1) is 19.5. The maximum Gasteiger partial charge on any atom is 0.416 e. The Morgan fingerprint density at radius 1 is 1.17 bits per heavy atom. The van der Waals surface area contributed by atoms with Crippen molar-refractivity contribution < 1.29 is 22.8 Å². The quantitative estimate of drug-likeness (QED) is 0.834. The number of H-pyrrole nitrogens is 1. The van der Waals surface area contributed by atoms with Crippen molar-refractivity contribution in [2.75, 3.05) is 13.1 Å². The molecular weight excluding hydrogens is 385 g/mol. The fraction of sp³-hybridized carbons (Fsp3) is 0.450. The fourth-order valence-electron chi connectivity index (χ4n) is 4.15. The van der Waals surface area contributed by atoms with Crippen LogP contribution in [0.3, 0.4) is 0 Å². The van der Waals surface area contributed by atoms with Gasteiger partial charge >= 0.3 is 6.18 Å². The predicted molar refractivity (Wildman–Crippen MR) is 98.6 cm³/mol.